The van der Waals surface area contributed by atoms with Crippen LogP contribution in [-0.2, 0) is 0 Å². The molecule has 0 radical (unpaired) electrons. The molecule has 2 aromatic heterocycles. The van der Waals surface area contributed by atoms with Crippen molar-refractivity contribution in [2.75, 3.05) is 0 Å². The summed E-state index contributed by atoms with van der Waals surface area (Å²) in [7, 11) is 0. The fourth-order valence-electron chi connectivity index (χ4n) is 4.22. The van der Waals surface area contributed by atoms with E-state index in [-0.39, 0.29) is 5.69 Å². The van der Waals surface area contributed by atoms with Crippen LogP contribution in [0.2, 0.25) is 0 Å². The second-order valence-corrected chi connectivity index (χ2v) is 8.34. The van der Waals surface area contributed by atoms with E-state index in [2.05, 4.69) is 15.3 Å². The van der Waals surface area contributed by atoms with E-state index in [0.717, 1.165) is 22.2 Å². The van der Waals surface area contributed by atoms with Crippen molar-refractivity contribution >= 4 is 44.5 Å². The highest BCUT2D eigenvalue weighted by Crippen LogP contribution is 2.38. The number of nitro benzene ring substituents is 2. The molecule has 0 saturated carbocycles. The van der Waals surface area contributed by atoms with E-state index < -0.39 is 21.2 Å². The molecule has 11 nitrogen and oxygen atoms in total. The molecule has 0 saturated heterocycles. The van der Waals surface area contributed by atoms with Crippen molar-refractivity contribution in [2.24, 2.45) is 10.2 Å². The molecule has 0 aliphatic heterocycles. The first-order valence-electron chi connectivity index (χ1n) is 11.4. The summed E-state index contributed by atoms with van der Waals surface area (Å²) in [6.07, 6.45) is 1.47. The number of nitrogens with zero attached hydrogens (tertiary/aromatic N) is 6. The molecule has 11 heteroatoms. The zero-order chi connectivity index (χ0) is 26.2. The second kappa shape index (κ2) is 9.06. The van der Waals surface area contributed by atoms with Gasteiger partial charge in [0, 0.05) is 11.5 Å². The van der Waals surface area contributed by atoms with E-state index in [1.54, 1.807) is 12.1 Å². The number of benzene rings is 4. The molecular weight excluding hydrogens is 488 g/mol. The van der Waals surface area contributed by atoms with Gasteiger partial charge < -0.3 is 4.42 Å². The number of aromatic nitrogens is 2. The van der Waals surface area contributed by atoms with Gasteiger partial charge in [-0.15, -0.1) is 5.11 Å². The van der Waals surface area contributed by atoms with E-state index >= 15 is 0 Å². The molecule has 0 N–H and O–H groups in total. The van der Waals surface area contributed by atoms with Crippen molar-refractivity contribution in [3.8, 4) is 17.1 Å². The first-order valence-corrected chi connectivity index (χ1v) is 11.4. The highest BCUT2D eigenvalue weighted by atomic mass is 16.6. The first-order chi connectivity index (χ1) is 18.5. The van der Waals surface area contributed by atoms with Crippen LogP contribution in [0.5, 0.6) is 0 Å². The molecule has 0 atom stereocenters. The van der Waals surface area contributed by atoms with Crippen LogP contribution in [0.25, 0.3) is 38.9 Å². The van der Waals surface area contributed by atoms with E-state index in [4.69, 9.17) is 4.42 Å². The van der Waals surface area contributed by atoms with Gasteiger partial charge in [-0.3, -0.25) is 20.2 Å². The van der Waals surface area contributed by atoms with Crippen LogP contribution in [0, 0.1) is 20.2 Å². The van der Waals surface area contributed by atoms with Crippen molar-refractivity contribution < 1.29 is 14.3 Å². The Labute approximate surface area is 213 Å². The maximum absolute atomic E-state index is 11.8. The van der Waals surface area contributed by atoms with Crippen molar-refractivity contribution in [2.45, 2.75) is 0 Å². The van der Waals surface area contributed by atoms with Gasteiger partial charge in [0.1, 0.15) is 17.0 Å². The van der Waals surface area contributed by atoms with Gasteiger partial charge in [-0.1, -0.05) is 48.5 Å². The Hall–Kier alpha value is -5.71. The Bertz CT molecular complexity index is 1890. The lowest BCUT2D eigenvalue weighted by atomic mass is 10.1. The van der Waals surface area contributed by atoms with Crippen molar-refractivity contribution in [3.05, 3.63) is 117 Å². The van der Waals surface area contributed by atoms with Crippen molar-refractivity contribution in [1.82, 2.24) is 9.78 Å². The van der Waals surface area contributed by atoms with Crippen LogP contribution < -0.4 is 0 Å². The molecule has 4 aromatic carbocycles. The van der Waals surface area contributed by atoms with Gasteiger partial charge in [-0.2, -0.15) is 10.2 Å². The molecule has 6 aromatic rings. The molecule has 0 amide bonds. The molecule has 38 heavy (non-hydrogen) atoms. The largest absolute Gasteiger partial charge is 0.454 e. The number of nitro groups is 2. The standard InChI is InChI=1S/C27H16N6O5/c34-32(35)19-11-12-23(24(14-19)33(36)37)31-16-22(29-28-18-7-2-1-3-8-18)27(30-31)26-15-21-20-9-5-4-6-17(20)10-13-25(21)38-26/h1-16H. The maximum atomic E-state index is 11.8. The minimum atomic E-state index is -0.692. The maximum Gasteiger partial charge on any atom is 0.301 e. The summed E-state index contributed by atoms with van der Waals surface area (Å²) in [6, 6.07) is 26.0. The van der Waals surface area contributed by atoms with Gasteiger partial charge in [-0.25, -0.2) is 4.68 Å². The van der Waals surface area contributed by atoms with Gasteiger partial charge in [0.2, 0.25) is 0 Å². The quantitative estimate of drug-likeness (QED) is 0.129. The predicted molar refractivity (Wildman–Crippen MR) is 140 cm³/mol. The lowest BCUT2D eigenvalue weighted by Crippen LogP contribution is -2.02. The lowest BCUT2D eigenvalue weighted by Gasteiger charge is -2.02. The molecule has 0 fully saturated rings. The Morgan fingerprint density at radius 2 is 1.58 bits per heavy atom. The van der Waals surface area contributed by atoms with E-state index in [0.29, 0.717) is 28.4 Å². The average molecular weight is 504 g/mol. The molecule has 0 unspecified atom stereocenters. The molecule has 2 heterocycles. The number of non-ortho nitro benzene ring substituents is 1. The first kappa shape index (κ1) is 22.7. The summed E-state index contributed by atoms with van der Waals surface area (Å²) in [6.45, 7) is 0. The van der Waals surface area contributed by atoms with E-state index in [1.165, 1.54) is 23.0 Å². The lowest BCUT2D eigenvalue weighted by molar-refractivity contribution is -0.394. The van der Waals surface area contributed by atoms with Crippen LogP contribution in [-0.4, -0.2) is 19.6 Å². The van der Waals surface area contributed by atoms with Crippen LogP contribution in [0.3, 0.4) is 0 Å². The average Bonchev–Trinajstić information content (AvgIpc) is 3.56. The van der Waals surface area contributed by atoms with Gasteiger partial charge in [0.25, 0.3) is 5.69 Å². The number of furan rings is 1. The van der Waals surface area contributed by atoms with E-state index in [1.807, 2.05) is 60.7 Å². The number of azo groups is 1. The third-order valence-corrected chi connectivity index (χ3v) is 6.00. The smallest absolute Gasteiger partial charge is 0.301 e. The fourth-order valence-corrected chi connectivity index (χ4v) is 4.22. The summed E-state index contributed by atoms with van der Waals surface area (Å²) in [5.74, 6) is 0.390. The molecular formula is C27H16N6O5. The SMILES string of the molecule is O=[N+]([O-])c1ccc(-n2cc(N=Nc3ccccc3)c(-c3cc4c(ccc5ccccc54)o3)n2)c([N+](=O)[O-])c1. The Morgan fingerprint density at radius 1 is 0.789 bits per heavy atom. The van der Waals surface area contributed by atoms with E-state index in [9.17, 15) is 20.2 Å². The summed E-state index contributed by atoms with van der Waals surface area (Å²) < 4.78 is 7.38. The highest BCUT2D eigenvalue weighted by Gasteiger charge is 2.24. The normalized spacial score (nSPS) is 11.5. The van der Waals surface area contributed by atoms with Gasteiger partial charge in [0.05, 0.1) is 27.8 Å². The summed E-state index contributed by atoms with van der Waals surface area (Å²) in [5, 5.41) is 39.1. The van der Waals surface area contributed by atoms with Crippen molar-refractivity contribution in [3.63, 3.8) is 0 Å². The zero-order valence-electron chi connectivity index (χ0n) is 19.5. The molecule has 0 aliphatic rings. The third kappa shape index (κ3) is 4.03. The minimum absolute atomic E-state index is 0.0320. The minimum Gasteiger partial charge on any atom is -0.454 e. The number of hydrogen-bond donors (Lipinski definition) is 0. The Kier molecular flexibility index (Phi) is 5.42. The van der Waals surface area contributed by atoms with Gasteiger partial charge in [0.15, 0.2) is 11.5 Å². The number of fused-ring (bicyclic) bond motifs is 3. The fraction of sp³-hybridized carbons (Fsp3) is 0. The molecule has 184 valence electrons. The predicted octanol–water partition coefficient (Wildman–Crippen LogP) is 7.67. The van der Waals surface area contributed by atoms with Crippen LogP contribution in [0.15, 0.2) is 112 Å². The molecule has 6 rings (SSSR count). The number of rotatable bonds is 6. The van der Waals surface area contributed by atoms with Crippen LogP contribution >= 0.6 is 0 Å². The zero-order valence-corrected chi connectivity index (χ0v) is 19.5. The summed E-state index contributed by atoms with van der Waals surface area (Å²) >= 11 is 0. The highest BCUT2D eigenvalue weighted by molar-refractivity contribution is 6.07. The topological polar surface area (TPSA) is 142 Å². The second-order valence-electron chi connectivity index (χ2n) is 8.34. The summed E-state index contributed by atoms with van der Waals surface area (Å²) in [4.78, 5) is 21.6. The number of hydrogen-bond acceptors (Lipinski definition) is 8. The van der Waals surface area contributed by atoms with Gasteiger partial charge in [-0.05, 0) is 41.1 Å². The van der Waals surface area contributed by atoms with Gasteiger partial charge >= 0.3 is 5.69 Å². The van der Waals surface area contributed by atoms with Crippen LogP contribution in [0.4, 0.5) is 22.7 Å². The van der Waals surface area contributed by atoms with Crippen molar-refractivity contribution in [1.29, 1.82) is 0 Å². The van der Waals surface area contributed by atoms with Crippen LogP contribution in [0.1, 0.15) is 0 Å². The Balaban J connectivity index is 1.54. The third-order valence-electron chi connectivity index (χ3n) is 6.00. The monoisotopic (exact) mass is 504 g/mol. The molecule has 0 spiro atoms. The Morgan fingerprint density at radius 3 is 2.37 bits per heavy atom. The molecule has 0 bridgehead atoms. The summed E-state index contributed by atoms with van der Waals surface area (Å²) in [5.41, 5.74) is 0.993. The molecule has 0 aliphatic carbocycles.